The van der Waals surface area contributed by atoms with Gasteiger partial charge in [0.1, 0.15) is 6.61 Å². The van der Waals surface area contributed by atoms with Crippen LogP contribution in [0.25, 0.3) is 0 Å². The molecule has 1 aromatic rings. The fourth-order valence-corrected chi connectivity index (χ4v) is 1.50. The molecule has 0 unspecified atom stereocenters. The minimum atomic E-state index is -0.242. The number of hydrogen-bond donors (Lipinski definition) is 0. The summed E-state index contributed by atoms with van der Waals surface area (Å²) in [6, 6.07) is 9.60. The average molecular weight is 324 g/mol. The van der Waals surface area contributed by atoms with E-state index in [0.717, 1.165) is 5.56 Å². The first kappa shape index (κ1) is 20.6. The van der Waals surface area contributed by atoms with E-state index in [4.69, 9.17) is 4.74 Å². The van der Waals surface area contributed by atoms with Gasteiger partial charge in [0.2, 0.25) is 0 Å². The van der Waals surface area contributed by atoms with Crippen LogP contribution in [0, 0.1) is 0 Å². The second-order valence-corrected chi connectivity index (χ2v) is 4.63. The molecule has 0 amide bonds. The SMILES string of the molecule is CC(=O)OCc1ccccc1.COC(=O)CCCCC(=O)OC. The molecule has 0 saturated carbocycles. The van der Waals surface area contributed by atoms with E-state index in [2.05, 4.69) is 9.47 Å². The zero-order chi connectivity index (χ0) is 17.5. The molecule has 0 bridgehead atoms. The van der Waals surface area contributed by atoms with Crippen LogP contribution in [0.15, 0.2) is 30.3 Å². The highest BCUT2D eigenvalue weighted by atomic mass is 16.5. The maximum Gasteiger partial charge on any atom is 0.305 e. The van der Waals surface area contributed by atoms with Crippen molar-refractivity contribution >= 4 is 17.9 Å². The number of rotatable bonds is 7. The first-order chi connectivity index (χ1) is 11.0. The molecule has 0 atom stereocenters. The fraction of sp³-hybridized carbons (Fsp3) is 0.471. The molecule has 23 heavy (non-hydrogen) atoms. The number of methoxy groups -OCH3 is 2. The summed E-state index contributed by atoms with van der Waals surface area (Å²) in [6.07, 6.45) is 2.07. The molecule has 0 saturated heterocycles. The van der Waals surface area contributed by atoms with Crippen molar-refractivity contribution < 1.29 is 28.6 Å². The van der Waals surface area contributed by atoms with Crippen molar-refractivity contribution in [2.75, 3.05) is 14.2 Å². The Bertz CT molecular complexity index is 451. The number of esters is 3. The maximum atomic E-state index is 10.6. The third-order valence-corrected chi connectivity index (χ3v) is 2.75. The predicted molar refractivity (Wildman–Crippen MR) is 84.4 cm³/mol. The van der Waals surface area contributed by atoms with Crippen molar-refractivity contribution in [3.8, 4) is 0 Å². The van der Waals surface area contributed by atoms with E-state index in [1.54, 1.807) is 0 Å². The van der Waals surface area contributed by atoms with Crippen LogP contribution in [0.1, 0.15) is 38.2 Å². The molecule has 1 rings (SSSR count). The normalized spacial score (nSPS) is 9.17. The summed E-state index contributed by atoms with van der Waals surface area (Å²) >= 11 is 0. The van der Waals surface area contributed by atoms with Crippen LogP contribution in [-0.4, -0.2) is 32.1 Å². The molecular weight excluding hydrogens is 300 g/mol. The molecule has 0 radical (unpaired) electrons. The van der Waals surface area contributed by atoms with Gasteiger partial charge in [0.25, 0.3) is 0 Å². The molecule has 1 aromatic carbocycles. The summed E-state index contributed by atoms with van der Waals surface area (Å²) in [7, 11) is 2.70. The number of hydrogen-bond acceptors (Lipinski definition) is 6. The minimum absolute atomic E-state index is 0.236. The van der Waals surface area contributed by atoms with E-state index in [1.165, 1.54) is 21.1 Å². The van der Waals surface area contributed by atoms with Gasteiger partial charge < -0.3 is 14.2 Å². The topological polar surface area (TPSA) is 78.9 Å². The molecule has 0 aliphatic heterocycles. The zero-order valence-corrected chi connectivity index (χ0v) is 13.9. The van der Waals surface area contributed by atoms with Crippen LogP contribution in [0.2, 0.25) is 0 Å². The quantitative estimate of drug-likeness (QED) is 0.436. The third-order valence-electron chi connectivity index (χ3n) is 2.75. The molecule has 0 fully saturated rings. The standard InChI is InChI=1S/C9H10O2.C8H14O4/c1-8(10)11-7-9-5-3-2-4-6-9;1-11-7(9)5-3-4-6-8(10)12-2/h2-6H,7H2,1H3;3-6H2,1-2H3. The molecule has 0 aliphatic rings. The average Bonchev–Trinajstić information content (AvgIpc) is 2.57. The number of carbonyl (C=O) groups excluding carboxylic acids is 3. The lowest BCUT2D eigenvalue weighted by Gasteiger charge is -1.99. The summed E-state index contributed by atoms with van der Waals surface area (Å²) < 4.78 is 13.6. The van der Waals surface area contributed by atoms with E-state index in [9.17, 15) is 14.4 Å². The van der Waals surface area contributed by atoms with E-state index in [0.29, 0.717) is 32.3 Å². The van der Waals surface area contributed by atoms with E-state index >= 15 is 0 Å². The van der Waals surface area contributed by atoms with Crippen LogP contribution in [0.4, 0.5) is 0 Å². The molecule has 0 N–H and O–H groups in total. The van der Waals surface area contributed by atoms with Gasteiger partial charge in [-0.2, -0.15) is 0 Å². The van der Waals surface area contributed by atoms with Gasteiger partial charge >= 0.3 is 17.9 Å². The van der Waals surface area contributed by atoms with E-state index < -0.39 is 0 Å². The number of carbonyl (C=O) groups is 3. The van der Waals surface area contributed by atoms with Gasteiger partial charge in [-0.05, 0) is 18.4 Å². The van der Waals surface area contributed by atoms with E-state index in [1.807, 2.05) is 30.3 Å². The van der Waals surface area contributed by atoms with Crippen molar-refractivity contribution in [3.05, 3.63) is 35.9 Å². The Labute approximate surface area is 136 Å². The molecule has 0 aromatic heterocycles. The van der Waals surface area contributed by atoms with Crippen molar-refractivity contribution in [3.63, 3.8) is 0 Å². The van der Waals surface area contributed by atoms with Gasteiger partial charge in [0, 0.05) is 19.8 Å². The smallest absolute Gasteiger partial charge is 0.305 e. The highest BCUT2D eigenvalue weighted by Gasteiger charge is 2.02. The second kappa shape index (κ2) is 13.3. The molecule has 0 aliphatic carbocycles. The lowest BCUT2D eigenvalue weighted by Crippen LogP contribution is -2.02. The molecule has 6 heteroatoms. The van der Waals surface area contributed by atoms with Crippen LogP contribution < -0.4 is 0 Å². The molecular formula is C17H24O6. The van der Waals surface area contributed by atoms with Crippen LogP contribution in [0.5, 0.6) is 0 Å². The van der Waals surface area contributed by atoms with Crippen molar-refractivity contribution in [1.82, 2.24) is 0 Å². The Hall–Kier alpha value is -2.37. The zero-order valence-electron chi connectivity index (χ0n) is 13.9. The fourth-order valence-electron chi connectivity index (χ4n) is 1.50. The molecule has 0 spiro atoms. The van der Waals surface area contributed by atoms with Crippen LogP contribution in [0.3, 0.4) is 0 Å². The van der Waals surface area contributed by atoms with Crippen LogP contribution >= 0.6 is 0 Å². The summed E-state index contributed by atoms with van der Waals surface area (Å²) in [6.45, 7) is 1.78. The maximum absolute atomic E-state index is 10.6. The van der Waals surface area contributed by atoms with Gasteiger partial charge in [-0.3, -0.25) is 14.4 Å². The summed E-state index contributed by atoms with van der Waals surface area (Å²) in [4.78, 5) is 31.6. The van der Waals surface area contributed by atoms with Gasteiger partial charge in [-0.15, -0.1) is 0 Å². The first-order valence-electron chi connectivity index (χ1n) is 7.30. The Morgan fingerprint density at radius 2 is 1.35 bits per heavy atom. The van der Waals surface area contributed by atoms with Gasteiger partial charge in [-0.25, -0.2) is 0 Å². The highest BCUT2D eigenvalue weighted by molar-refractivity contribution is 5.70. The second-order valence-electron chi connectivity index (χ2n) is 4.63. The third kappa shape index (κ3) is 13.0. The lowest BCUT2D eigenvalue weighted by molar-refractivity contribution is -0.142. The Balaban J connectivity index is 0.000000422. The number of benzene rings is 1. The molecule has 6 nitrogen and oxygen atoms in total. The summed E-state index contributed by atoms with van der Waals surface area (Å²) in [5.74, 6) is -0.714. The highest BCUT2D eigenvalue weighted by Crippen LogP contribution is 2.01. The lowest BCUT2D eigenvalue weighted by atomic mass is 10.2. The largest absolute Gasteiger partial charge is 0.469 e. The Kier molecular flexibility index (Phi) is 11.9. The van der Waals surface area contributed by atoms with E-state index in [-0.39, 0.29) is 17.9 Å². The van der Waals surface area contributed by atoms with Gasteiger partial charge in [0.05, 0.1) is 14.2 Å². The van der Waals surface area contributed by atoms with Crippen molar-refractivity contribution in [2.45, 2.75) is 39.2 Å². The molecule has 128 valence electrons. The first-order valence-corrected chi connectivity index (χ1v) is 7.30. The summed E-state index contributed by atoms with van der Waals surface area (Å²) in [5.41, 5.74) is 1.02. The van der Waals surface area contributed by atoms with Crippen molar-refractivity contribution in [2.24, 2.45) is 0 Å². The minimum Gasteiger partial charge on any atom is -0.469 e. The van der Waals surface area contributed by atoms with Gasteiger partial charge in [-0.1, -0.05) is 30.3 Å². The van der Waals surface area contributed by atoms with Gasteiger partial charge in [0.15, 0.2) is 0 Å². The Morgan fingerprint density at radius 1 is 0.870 bits per heavy atom. The number of ether oxygens (including phenoxy) is 3. The van der Waals surface area contributed by atoms with Crippen molar-refractivity contribution in [1.29, 1.82) is 0 Å². The van der Waals surface area contributed by atoms with Crippen LogP contribution in [-0.2, 0) is 35.2 Å². The summed E-state index contributed by atoms with van der Waals surface area (Å²) in [5, 5.41) is 0. The predicted octanol–water partition coefficient (Wildman–Crippen LogP) is 2.64. The monoisotopic (exact) mass is 324 g/mol. The Morgan fingerprint density at radius 3 is 1.74 bits per heavy atom. The number of unbranched alkanes of at least 4 members (excludes halogenated alkanes) is 1. The molecule has 0 heterocycles.